The van der Waals surface area contributed by atoms with E-state index in [1.807, 2.05) is 11.8 Å². The van der Waals surface area contributed by atoms with Crippen LogP contribution in [0.2, 0.25) is 0 Å². The van der Waals surface area contributed by atoms with Gasteiger partial charge in [-0.3, -0.25) is 14.5 Å². The van der Waals surface area contributed by atoms with Crippen molar-refractivity contribution in [2.24, 2.45) is 0 Å². The molecule has 0 rings (SSSR count). The molecule has 0 N–H and O–H groups in total. The van der Waals surface area contributed by atoms with Crippen LogP contribution in [0.3, 0.4) is 0 Å². The third-order valence-corrected chi connectivity index (χ3v) is 1.89. The second-order valence-electron chi connectivity index (χ2n) is 2.77. The van der Waals surface area contributed by atoms with E-state index in [0.717, 1.165) is 0 Å². The van der Waals surface area contributed by atoms with Crippen LogP contribution in [-0.4, -0.2) is 50.7 Å². The predicted molar refractivity (Wildman–Crippen MR) is 50.8 cm³/mol. The zero-order valence-electron chi connectivity index (χ0n) is 8.91. The molecule has 0 saturated carbocycles. The maximum absolute atomic E-state index is 10.9. The van der Waals surface area contributed by atoms with Crippen molar-refractivity contribution >= 4 is 11.9 Å². The molecule has 5 heteroatoms. The van der Waals surface area contributed by atoms with E-state index in [0.29, 0.717) is 19.5 Å². The molecule has 0 radical (unpaired) electrons. The average Bonchev–Trinajstić information content (AvgIpc) is 2.22. The van der Waals surface area contributed by atoms with Gasteiger partial charge in [0.15, 0.2) is 0 Å². The Morgan fingerprint density at radius 1 is 1.14 bits per heavy atom. The Hall–Kier alpha value is -1.10. The fourth-order valence-electron chi connectivity index (χ4n) is 0.948. The van der Waals surface area contributed by atoms with E-state index in [1.165, 1.54) is 14.2 Å². The summed E-state index contributed by atoms with van der Waals surface area (Å²) >= 11 is 0. The second kappa shape index (κ2) is 7.32. The van der Waals surface area contributed by atoms with E-state index in [1.54, 1.807) is 0 Å². The van der Waals surface area contributed by atoms with Crippen molar-refractivity contribution in [2.75, 3.05) is 33.9 Å². The molecule has 0 heterocycles. The third kappa shape index (κ3) is 5.53. The zero-order chi connectivity index (χ0) is 11.0. The molecule has 0 aliphatic heterocycles. The minimum atomic E-state index is -0.295. The van der Waals surface area contributed by atoms with Gasteiger partial charge in [-0.1, -0.05) is 6.92 Å². The van der Waals surface area contributed by atoms with E-state index in [4.69, 9.17) is 0 Å². The van der Waals surface area contributed by atoms with Gasteiger partial charge >= 0.3 is 11.9 Å². The smallest absolute Gasteiger partial charge is 0.319 e. The van der Waals surface area contributed by atoms with Crippen molar-refractivity contribution in [2.45, 2.75) is 13.3 Å². The van der Waals surface area contributed by atoms with Crippen LogP contribution in [0.1, 0.15) is 13.3 Å². The van der Waals surface area contributed by atoms with E-state index in [9.17, 15) is 9.59 Å². The lowest BCUT2D eigenvalue weighted by atomic mass is 10.3. The minimum absolute atomic E-state index is 0.212. The van der Waals surface area contributed by atoms with E-state index >= 15 is 0 Å². The highest BCUT2D eigenvalue weighted by Crippen LogP contribution is 1.93. The summed E-state index contributed by atoms with van der Waals surface area (Å²) in [7, 11) is 2.69. The number of carbonyl (C=O) groups excluding carboxylic acids is 2. The van der Waals surface area contributed by atoms with Crippen molar-refractivity contribution in [3.8, 4) is 0 Å². The molecule has 82 valence electrons. The Balaban J connectivity index is 3.79. The Morgan fingerprint density at radius 3 is 2.14 bits per heavy atom. The monoisotopic (exact) mass is 203 g/mol. The third-order valence-electron chi connectivity index (χ3n) is 1.89. The SMILES string of the molecule is CCN(CCC(=O)OC)CC(=O)OC. The van der Waals surface area contributed by atoms with Gasteiger partial charge < -0.3 is 9.47 Å². The van der Waals surface area contributed by atoms with Crippen LogP contribution < -0.4 is 0 Å². The molecule has 0 aromatic carbocycles. The Bertz CT molecular complexity index is 193. The van der Waals surface area contributed by atoms with Gasteiger partial charge in [-0.2, -0.15) is 0 Å². The molecule has 0 bridgehead atoms. The van der Waals surface area contributed by atoms with Gasteiger partial charge in [0.05, 0.1) is 27.2 Å². The summed E-state index contributed by atoms with van der Waals surface area (Å²) in [6.07, 6.45) is 0.293. The van der Waals surface area contributed by atoms with E-state index in [-0.39, 0.29) is 18.5 Å². The summed E-state index contributed by atoms with van der Waals surface area (Å²) in [4.78, 5) is 23.6. The Kier molecular flexibility index (Phi) is 6.74. The van der Waals surface area contributed by atoms with Crippen molar-refractivity contribution in [3.05, 3.63) is 0 Å². The summed E-state index contributed by atoms with van der Waals surface area (Å²) in [6.45, 7) is 3.34. The number of methoxy groups -OCH3 is 2. The molecule has 14 heavy (non-hydrogen) atoms. The number of esters is 2. The average molecular weight is 203 g/mol. The highest BCUT2D eigenvalue weighted by atomic mass is 16.5. The minimum Gasteiger partial charge on any atom is -0.469 e. The lowest BCUT2D eigenvalue weighted by Gasteiger charge is -2.17. The van der Waals surface area contributed by atoms with Crippen LogP contribution in [0, 0.1) is 0 Å². The molecule has 0 atom stereocenters. The van der Waals surface area contributed by atoms with Crippen molar-refractivity contribution < 1.29 is 19.1 Å². The first-order valence-corrected chi connectivity index (χ1v) is 4.50. The Morgan fingerprint density at radius 2 is 1.71 bits per heavy atom. The van der Waals surface area contributed by atoms with Crippen LogP contribution in [-0.2, 0) is 19.1 Å². The normalized spacial score (nSPS) is 10.0. The molecule has 0 saturated heterocycles. The second-order valence-corrected chi connectivity index (χ2v) is 2.77. The molecule has 5 nitrogen and oxygen atoms in total. The van der Waals surface area contributed by atoms with Gasteiger partial charge in [0.2, 0.25) is 0 Å². The number of ether oxygens (including phenoxy) is 2. The largest absolute Gasteiger partial charge is 0.469 e. The van der Waals surface area contributed by atoms with Crippen molar-refractivity contribution in [3.63, 3.8) is 0 Å². The molecule has 0 aromatic heterocycles. The summed E-state index contributed by atoms with van der Waals surface area (Å²) in [5.41, 5.74) is 0. The van der Waals surface area contributed by atoms with Crippen molar-refractivity contribution in [1.29, 1.82) is 0 Å². The fourth-order valence-corrected chi connectivity index (χ4v) is 0.948. The van der Waals surface area contributed by atoms with Gasteiger partial charge in [0, 0.05) is 6.54 Å². The quantitative estimate of drug-likeness (QED) is 0.571. The van der Waals surface area contributed by atoms with Crippen LogP contribution >= 0.6 is 0 Å². The molecule has 0 aliphatic carbocycles. The first-order valence-electron chi connectivity index (χ1n) is 4.50. The number of hydrogen-bond acceptors (Lipinski definition) is 5. The van der Waals surface area contributed by atoms with Gasteiger partial charge in [-0.25, -0.2) is 0 Å². The maximum atomic E-state index is 10.9. The highest BCUT2D eigenvalue weighted by molar-refractivity contribution is 5.72. The number of rotatable bonds is 6. The lowest BCUT2D eigenvalue weighted by Crippen LogP contribution is -2.32. The summed E-state index contributed by atoms with van der Waals surface area (Å²) in [5, 5.41) is 0. The highest BCUT2D eigenvalue weighted by Gasteiger charge is 2.10. The lowest BCUT2D eigenvalue weighted by molar-refractivity contribution is -0.144. The standard InChI is InChI=1S/C9H17NO4/c1-4-10(7-9(12)14-3)6-5-8(11)13-2/h4-7H2,1-3H3. The van der Waals surface area contributed by atoms with E-state index < -0.39 is 0 Å². The number of nitrogens with zero attached hydrogens (tertiary/aromatic N) is 1. The summed E-state index contributed by atoms with van der Waals surface area (Å²) in [5.74, 6) is -0.565. The maximum Gasteiger partial charge on any atom is 0.319 e. The molecule has 0 fully saturated rings. The van der Waals surface area contributed by atoms with Crippen LogP contribution in [0.25, 0.3) is 0 Å². The summed E-state index contributed by atoms with van der Waals surface area (Å²) < 4.78 is 9.01. The molecule has 0 spiro atoms. The van der Waals surface area contributed by atoms with Crippen molar-refractivity contribution in [1.82, 2.24) is 4.90 Å². The predicted octanol–water partition coefficient (Wildman–Crippen LogP) is 0.0444. The molecular formula is C9H17NO4. The van der Waals surface area contributed by atoms with Gasteiger partial charge in [-0.15, -0.1) is 0 Å². The first-order chi connectivity index (χ1) is 6.63. The zero-order valence-corrected chi connectivity index (χ0v) is 8.91. The Labute approximate surface area is 84.0 Å². The molecular weight excluding hydrogens is 186 g/mol. The molecule has 0 aromatic rings. The molecule has 0 unspecified atom stereocenters. The van der Waals surface area contributed by atoms with Crippen LogP contribution in [0.4, 0.5) is 0 Å². The topological polar surface area (TPSA) is 55.8 Å². The molecule has 0 aliphatic rings. The number of carbonyl (C=O) groups is 2. The van der Waals surface area contributed by atoms with Gasteiger partial charge in [-0.05, 0) is 6.54 Å². The van der Waals surface area contributed by atoms with E-state index in [2.05, 4.69) is 9.47 Å². The summed E-state index contributed by atoms with van der Waals surface area (Å²) in [6, 6.07) is 0. The van der Waals surface area contributed by atoms with Gasteiger partial charge in [0.1, 0.15) is 0 Å². The number of likely N-dealkylation sites (N-methyl/N-ethyl adjacent to an activating group) is 1. The van der Waals surface area contributed by atoms with Crippen LogP contribution in [0.5, 0.6) is 0 Å². The van der Waals surface area contributed by atoms with Crippen LogP contribution in [0.15, 0.2) is 0 Å². The fraction of sp³-hybridized carbons (Fsp3) is 0.778. The number of hydrogen-bond donors (Lipinski definition) is 0. The van der Waals surface area contributed by atoms with Gasteiger partial charge in [0.25, 0.3) is 0 Å². The molecule has 0 amide bonds. The first kappa shape index (κ1) is 12.9.